The van der Waals surface area contributed by atoms with Gasteiger partial charge in [0, 0.05) is 30.9 Å². The average Bonchev–Trinajstić information content (AvgIpc) is 2.20. The molecular formula is C11H5Cl3IN. The van der Waals surface area contributed by atoms with Crippen molar-refractivity contribution in [1.82, 2.24) is 4.98 Å². The molecule has 2 aromatic rings. The molecule has 82 valence electrons. The van der Waals surface area contributed by atoms with Crippen LogP contribution in [0.3, 0.4) is 0 Å². The molecule has 0 aliphatic carbocycles. The predicted octanol–water partition coefficient (Wildman–Crippen LogP) is 5.31. The van der Waals surface area contributed by atoms with E-state index in [9.17, 15) is 0 Å². The summed E-state index contributed by atoms with van der Waals surface area (Å²) in [6, 6.07) is 7.18. The van der Waals surface area contributed by atoms with Gasteiger partial charge in [0.1, 0.15) is 5.15 Å². The minimum Gasteiger partial charge on any atom is -0.244 e. The van der Waals surface area contributed by atoms with Gasteiger partial charge in [-0.05, 0) is 40.8 Å². The lowest BCUT2D eigenvalue weighted by atomic mass is 10.1. The standard InChI is InChI=1S/C11H5Cl3IN/c12-7-2-1-3-8(13)11(7)6-5-16-10(14)4-9(6)15/h1-5H. The number of halogens is 4. The Labute approximate surface area is 122 Å². The Morgan fingerprint density at radius 2 is 1.69 bits per heavy atom. The lowest BCUT2D eigenvalue weighted by Crippen LogP contribution is -1.88. The molecule has 1 heterocycles. The van der Waals surface area contributed by atoms with Crippen molar-refractivity contribution in [2.45, 2.75) is 0 Å². The Balaban J connectivity index is 2.68. The van der Waals surface area contributed by atoms with Gasteiger partial charge in [0.05, 0.1) is 0 Å². The third kappa shape index (κ3) is 2.45. The second-order valence-corrected chi connectivity index (χ2v) is 5.45. The van der Waals surface area contributed by atoms with Crippen molar-refractivity contribution in [2.75, 3.05) is 0 Å². The largest absolute Gasteiger partial charge is 0.244 e. The minimum absolute atomic E-state index is 0.455. The number of rotatable bonds is 1. The Kier molecular flexibility index (Phi) is 3.95. The van der Waals surface area contributed by atoms with Gasteiger partial charge in [-0.15, -0.1) is 0 Å². The fraction of sp³-hybridized carbons (Fsp3) is 0. The molecule has 0 saturated heterocycles. The molecule has 5 heteroatoms. The fourth-order valence-electron chi connectivity index (χ4n) is 1.35. The fourth-order valence-corrected chi connectivity index (χ4v) is 2.99. The van der Waals surface area contributed by atoms with Gasteiger partial charge in [-0.3, -0.25) is 0 Å². The van der Waals surface area contributed by atoms with Crippen LogP contribution in [-0.2, 0) is 0 Å². The molecular weight excluding hydrogens is 379 g/mol. The van der Waals surface area contributed by atoms with Gasteiger partial charge in [0.15, 0.2) is 0 Å². The number of hydrogen-bond acceptors (Lipinski definition) is 1. The summed E-state index contributed by atoms with van der Waals surface area (Å²) in [5.41, 5.74) is 1.68. The highest BCUT2D eigenvalue weighted by atomic mass is 127. The van der Waals surface area contributed by atoms with Gasteiger partial charge >= 0.3 is 0 Å². The van der Waals surface area contributed by atoms with E-state index in [-0.39, 0.29) is 0 Å². The maximum atomic E-state index is 6.13. The van der Waals surface area contributed by atoms with Gasteiger partial charge in [-0.2, -0.15) is 0 Å². The van der Waals surface area contributed by atoms with Crippen LogP contribution in [0.2, 0.25) is 15.2 Å². The third-order valence-corrected chi connectivity index (χ3v) is 3.78. The topological polar surface area (TPSA) is 12.9 Å². The van der Waals surface area contributed by atoms with E-state index in [1.165, 1.54) is 0 Å². The molecule has 0 radical (unpaired) electrons. The summed E-state index contributed by atoms with van der Waals surface area (Å²) >= 11 is 20.2. The van der Waals surface area contributed by atoms with E-state index in [0.717, 1.165) is 14.7 Å². The molecule has 0 bridgehead atoms. The van der Waals surface area contributed by atoms with Crippen LogP contribution in [-0.4, -0.2) is 4.98 Å². The van der Waals surface area contributed by atoms with Gasteiger partial charge < -0.3 is 0 Å². The molecule has 1 aromatic heterocycles. The van der Waals surface area contributed by atoms with E-state index in [1.54, 1.807) is 24.4 Å². The predicted molar refractivity (Wildman–Crippen MR) is 77.4 cm³/mol. The summed E-state index contributed by atoms with van der Waals surface area (Å²) in [7, 11) is 0. The van der Waals surface area contributed by atoms with Crippen LogP contribution < -0.4 is 0 Å². The molecule has 0 amide bonds. The minimum atomic E-state index is 0.455. The van der Waals surface area contributed by atoms with E-state index >= 15 is 0 Å². The van der Waals surface area contributed by atoms with Crippen LogP contribution in [0.1, 0.15) is 0 Å². The van der Waals surface area contributed by atoms with Gasteiger partial charge in [0.25, 0.3) is 0 Å². The summed E-state index contributed by atoms with van der Waals surface area (Å²) in [6.07, 6.45) is 1.68. The van der Waals surface area contributed by atoms with Crippen LogP contribution in [0.15, 0.2) is 30.5 Å². The SMILES string of the molecule is Clc1cc(I)c(-c2c(Cl)cccc2Cl)cn1. The number of pyridine rings is 1. The average molecular weight is 384 g/mol. The Morgan fingerprint density at radius 1 is 1.06 bits per heavy atom. The Bertz CT molecular complexity index is 522. The van der Waals surface area contributed by atoms with E-state index in [1.807, 2.05) is 6.07 Å². The molecule has 16 heavy (non-hydrogen) atoms. The second-order valence-electron chi connectivity index (χ2n) is 3.08. The quantitative estimate of drug-likeness (QED) is 0.479. The van der Waals surface area contributed by atoms with Crippen molar-refractivity contribution >= 4 is 57.4 Å². The Morgan fingerprint density at radius 3 is 2.25 bits per heavy atom. The van der Waals surface area contributed by atoms with Crippen LogP contribution >= 0.6 is 57.4 Å². The zero-order chi connectivity index (χ0) is 11.7. The van der Waals surface area contributed by atoms with Crippen molar-refractivity contribution in [3.05, 3.63) is 49.2 Å². The molecule has 0 saturated carbocycles. The first-order valence-electron chi connectivity index (χ1n) is 4.35. The molecule has 0 aliphatic rings. The first-order chi connectivity index (χ1) is 7.59. The molecule has 0 spiro atoms. The zero-order valence-corrected chi connectivity index (χ0v) is 12.3. The normalized spacial score (nSPS) is 10.5. The summed E-state index contributed by atoms with van der Waals surface area (Å²) in [5.74, 6) is 0. The number of benzene rings is 1. The molecule has 1 nitrogen and oxygen atoms in total. The van der Waals surface area contributed by atoms with Gasteiger partial charge in [0.2, 0.25) is 0 Å². The number of aromatic nitrogens is 1. The van der Waals surface area contributed by atoms with Crippen molar-refractivity contribution in [2.24, 2.45) is 0 Å². The van der Waals surface area contributed by atoms with Crippen molar-refractivity contribution in [1.29, 1.82) is 0 Å². The summed E-state index contributed by atoms with van der Waals surface area (Å²) in [4.78, 5) is 4.04. The molecule has 0 unspecified atom stereocenters. The van der Waals surface area contributed by atoms with E-state index < -0.39 is 0 Å². The lowest BCUT2D eigenvalue weighted by molar-refractivity contribution is 1.31. The third-order valence-electron chi connectivity index (χ3n) is 2.05. The highest BCUT2D eigenvalue weighted by Crippen LogP contribution is 2.36. The smallest absolute Gasteiger partial charge is 0.130 e. The van der Waals surface area contributed by atoms with E-state index in [4.69, 9.17) is 34.8 Å². The van der Waals surface area contributed by atoms with Crippen LogP contribution in [0.4, 0.5) is 0 Å². The van der Waals surface area contributed by atoms with E-state index in [2.05, 4.69) is 27.6 Å². The van der Waals surface area contributed by atoms with Gasteiger partial charge in [-0.1, -0.05) is 40.9 Å². The molecule has 0 fully saturated rings. The monoisotopic (exact) mass is 383 g/mol. The van der Waals surface area contributed by atoms with Gasteiger partial charge in [-0.25, -0.2) is 4.98 Å². The maximum absolute atomic E-state index is 6.13. The summed E-state index contributed by atoms with van der Waals surface area (Å²) < 4.78 is 0.965. The van der Waals surface area contributed by atoms with Crippen LogP contribution in [0.25, 0.3) is 11.1 Å². The first-order valence-corrected chi connectivity index (χ1v) is 6.56. The Hall–Kier alpha value is -0.0300. The lowest BCUT2D eigenvalue weighted by Gasteiger charge is -2.08. The zero-order valence-electron chi connectivity index (χ0n) is 7.85. The molecule has 2 rings (SSSR count). The number of nitrogens with zero attached hydrogens (tertiary/aromatic N) is 1. The summed E-state index contributed by atoms with van der Waals surface area (Å²) in [6.45, 7) is 0. The molecule has 0 N–H and O–H groups in total. The highest BCUT2D eigenvalue weighted by molar-refractivity contribution is 14.1. The number of hydrogen-bond donors (Lipinski definition) is 0. The van der Waals surface area contributed by atoms with Crippen molar-refractivity contribution in [3.63, 3.8) is 0 Å². The maximum Gasteiger partial charge on any atom is 0.130 e. The van der Waals surface area contributed by atoms with Crippen molar-refractivity contribution < 1.29 is 0 Å². The molecule has 0 aliphatic heterocycles. The van der Waals surface area contributed by atoms with Crippen LogP contribution in [0.5, 0.6) is 0 Å². The highest BCUT2D eigenvalue weighted by Gasteiger charge is 2.11. The first kappa shape index (κ1) is 12.4. The van der Waals surface area contributed by atoms with Crippen molar-refractivity contribution in [3.8, 4) is 11.1 Å². The van der Waals surface area contributed by atoms with Crippen LogP contribution in [0, 0.1) is 3.57 Å². The second kappa shape index (κ2) is 5.08. The molecule has 1 aromatic carbocycles. The van der Waals surface area contributed by atoms with E-state index in [0.29, 0.717) is 15.2 Å². The molecule has 0 atom stereocenters. The summed E-state index contributed by atoms with van der Waals surface area (Å²) in [5, 5.41) is 1.67.